The van der Waals surface area contributed by atoms with E-state index in [1.54, 1.807) is 11.3 Å². The van der Waals surface area contributed by atoms with Gasteiger partial charge >= 0.3 is 12.0 Å². The van der Waals surface area contributed by atoms with Crippen molar-refractivity contribution in [2.24, 2.45) is 0 Å². The van der Waals surface area contributed by atoms with Gasteiger partial charge in [-0.05, 0) is 24.3 Å². The Labute approximate surface area is 114 Å². The quantitative estimate of drug-likeness (QED) is 0.757. The highest BCUT2D eigenvalue weighted by Crippen LogP contribution is 2.19. The number of amides is 2. The number of carboxylic acids is 1. The Bertz CT molecular complexity index is 435. The van der Waals surface area contributed by atoms with Gasteiger partial charge in [-0.15, -0.1) is 11.3 Å². The SMILES string of the molecule is O=C(NCc1cccs1)NCC1CCC(C(=O)O)O1. The molecule has 2 amide bonds. The fourth-order valence-corrected chi connectivity index (χ4v) is 2.53. The van der Waals surface area contributed by atoms with E-state index in [0.29, 0.717) is 25.9 Å². The highest BCUT2D eigenvalue weighted by Gasteiger charge is 2.30. The second-order valence-corrected chi connectivity index (χ2v) is 5.34. The van der Waals surface area contributed by atoms with Crippen LogP contribution >= 0.6 is 11.3 Å². The van der Waals surface area contributed by atoms with Crippen molar-refractivity contribution in [1.82, 2.24) is 10.6 Å². The van der Waals surface area contributed by atoms with Gasteiger partial charge in [0.2, 0.25) is 0 Å². The number of carbonyl (C=O) groups excluding carboxylic acids is 1. The minimum absolute atomic E-state index is 0.214. The summed E-state index contributed by atoms with van der Waals surface area (Å²) in [4.78, 5) is 23.3. The second-order valence-electron chi connectivity index (χ2n) is 4.31. The summed E-state index contributed by atoms with van der Waals surface area (Å²) in [5, 5.41) is 16.1. The maximum atomic E-state index is 11.5. The molecule has 1 fully saturated rings. The molecule has 0 saturated carbocycles. The van der Waals surface area contributed by atoms with Crippen LogP contribution < -0.4 is 10.6 Å². The Kier molecular flexibility index (Phi) is 4.75. The van der Waals surface area contributed by atoms with Gasteiger partial charge in [0.1, 0.15) is 0 Å². The summed E-state index contributed by atoms with van der Waals surface area (Å²) in [5.41, 5.74) is 0. The molecule has 19 heavy (non-hydrogen) atoms. The number of hydrogen-bond acceptors (Lipinski definition) is 4. The number of nitrogens with one attached hydrogen (secondary N) is 2. The van der Waals surface area contributed by atoms with Gasteiger partial charge in [-0.1, -0.05) is 6.07 Å². The van der Waals surface area contributed by atoms with Crippen LogP contribution in [0.2, 0.25) is 0 Å². The number of hydrogen-bond donors (Lipinski definition) is 3. The zero-order chi connectivity index (χ0) is 13.7. The first-order valence-corrected chi connectivity index (χ1v) is 6.95. The van der Waals surface area contributed by atoms with Crippen LogP contribution in [0, 0.1) is 0 Å². The molecule has 6 nitrogen and oxygen atoms in total. The average molecular weight is 284 g/mol. The Hall–Kier alpha value is -1.60. The molecule has 0 radical (unpaired) electrons. The van der Waals surface area contributed by atoms with E-state index >= 15 is 0 Å². The van der Waals surface area contributed by atoms with Crippen LogP contribution in [0.1, 0.15) is 17.7 Å². The number of thiophene rings is 1. The minimum Gasteiger partial charge on any atom is -0.479 e. The van der Waals surface area contributed by atoms with Crippen molar-refractivity contribution in [3.05, 3.63) is 22.4 Å². The lowest BCUT2D eigenvalue weighted by Gasteiger charge is -2.12. The topological polar surface area (TPSA) is 87.7 Å². The lowest BCUT2D eigenvalue weighted by molar-refractivity contribution is -0.149. The van der Waals surface area contributed by atoms with E-state index in [-0.39, 0.29) is 12.1 Å². The third-order valence-corrected chi connectivity index (χ3v) is 3.75. The number of rotatable bonds is 5. The predicted molar refractivity (Wildman–Crippen MR) is 70.1 cm³/mol. The summed E-state index contributed by atoms with van der Waals surface area (Å²) in [6.45, 7) is 0.826. The van der Waals surface area contributed by atoms with Crippen LogP contribution in [0.25, 0.3) is 0 Å². The molecule has 7 heteroatoms. The van der Waals surface area contributed by atoms with Crippen LogP contribution in [0.4, 0.5) is 4.79 Å². The zero-order valence-electron chi connectivity index (χ0n) is 10.3. The first-order valence-electron chi connectivity index (χ1n) is 6.07. The number of carbonyl (C=O) groups is 2. The van der Waals surface area contributed by atoms with Crippen LogP contribution in [0.15, 0.2) is 17.5 Å². The van der Waals surface area contributed by atoms with Crippen molar-refractivity contribution in [3.8, 4) is 0 Å². The van der Waals surface area contributed by atoms with Gasteiger partial charge in [0.15, 0.2) is 6.10 Å². The van der Waals surface area contributed by atoms with Crippen LogP contribution in [0.5, 0.6) is 0 Å². The van der Waals surface area contributed by atoms with E-state index in [9.17, 15) is 9.59 Å². The van der Waals surface area contributed by atoms with E-state index in [1.165, 1.54) is 0 Å². The summed E-state index contributed by atoms with van der Waals surface area (Å²) in [5.74, 6) is -0.940. The molecule has 2 heterocycles. The number of urea groups is 1. The molecule has 2 rings (SSSR count). The molecule has 2 atom stereocenters. The summed E-state index contributed by atoms with van der Waals surface area (Å²) >= 11 is 1.58. The van der Waals surface area contributed by atoms with Gasteiger partial charge in [-0.3, -0.25) is 0 Å². The maximum absolute atomic E-state index is 11.5. The molecule has 1 aliphatic heterocycles. The monoisotopic (exact) mass is 284 g/mol. The standard InChI is InChI=1S/C12H16N2O4S/c15-11(16)10-4-3-8(18-10)6-13-12(17)14-7-9-2-1-5-19-9/h1-2,5,8,10H,3-4,6-7H2,(H,15,16)(H2,13,14,17). The van der Waals surface area contributed by atoms with E-state index in [0.717, 1.165) is 4.88 Å². The minimum atomic E-state index is -0.940. The molecule has 1 aromatic rings. The molecule has 104 valence electrons. The maximum Gasteiger partial charge on any atom is 0.332 e. The molecular formula is C12H16N2O4S. The number of ether oxygens (including phenoxy) is 1. The number of aliphatic carboxylic acids is 1. The normalized spacial score (nSPS) is 22.1. The lowest BCUT2D eigenvalue weighted by atomic mass is 10.2. The van der Waals surface area contributed by atoms with Gasteiger partial charge in [-0.25, -0.2) is 9.59 Å². The van der Waals surface area contributed by atoms with E-state index in [2.05, 4.69) is 10.6 Å². The Balaban J connectivity index is 1.63. The second kappa shape index (κ2) is 6.53. The van der Waals surface area contributed by atoms with Crippen LogP contribution in [-0.2, 0) is 16.1 Å². The van der Waals surface area contributed by atoms with Gasteiger partial charge in [0, 0.05) is 11.4 Å². The molecule has 0 spiro atoms. The van der Waals surface area contributed by atoms with Crippen molar-refractivity contribution in [2.75, 3.05) is 6.54 Å². The molecule has 1 aromatic heterocycles. The third kappa shape index (κ3) is 4.22. The smallest absolute Gasteiger partial charge is 0.332 e. The van der Waals surface area contributed by atoms with Crippen molar-refractivity contribution < 1.29 is 19.4 Å². The number of carboxylic acid groups (broad SMARTS) is 1. The van der Waals surface area contributed by atoms with Gasteiger partial charge in [0.25, 0.3) is 0 Å². The first kappa shape index (κ1) is 13.8. The molecule has 1 aliphatic rings. The predicted octanol–water partition coefficient (Wildman–Crippen LogP) is 1.18. The fraction of sp³-hybridized carbons (Fsp3) is 0.500. The molecule has 0 bridgehead atoms. The van der Waals surface area contributed by atoms with Crippen LogP contribution in [0.3, 0.4) is 0 Å². The van der Waals surface area contributed by atoms with Crippen molar-refractivity contribution in [1.29, 1.82) is 0 Å². The highest BCUT2D eigenvalue weighted by atomic mass is 32.1. The Morgan fingerprint density at radius 3 is 2.89 bits per heavy atom. The molecular weight excluding hydrogens is 268 g/mol. The van der Waals surface area contributed by atoms with E-state index < -0.39 is 12.1 Å². The molecule has 3 N–H and O–H groups in total. The highest BCUT2D eigenvalue weighted by molar-refractivity contribution is 7.09. The van der Waals surface area contributed by atoms with Gasteiger partial charge in [-0.2, -0.15) is 0 Å². The van der Waals surface area contributed by atoms with Crippen molar-refractivity contribution in [2.45, 2.75) is 31.6 Å². The van der Waals surface area contributed by atoms with Gasteiger partial charge < -0.3 is 20.5 Å². The Morgan fingerprint density at radius 2 is 2.26 bits per heavy atom. The summed E-state index contributed by atoms with van der Waals surface area (Å²) in [7, 11) is 0. The first-order chi connectivity index (χ1) is 9.15. The van der Waals surface area contributed by atoms with Gasteiger partial charge in [0.05, 0.1) is 12.6 Å². The zero-order valence-corrected chi connectivity index (χ0v) is 11.1. The summed E-state index contributed by atoms with van der Waals surface area (Å²) in [6.07, 6.45) is 0.204. The largest absolute Gasteiger partial charge is 0.479 e. The Morgan fingerprint density at radius 1 is 1.42 bits per heavy atom. The molecule has 2 unspecified atom stereocenters. The fourth-order valence-electron chi connectivity index (χ4n) is 1.89. The van der Waals surface area contributed by atoms with E-state index in [4.69, 9.17) is 9.84 Å². The van der Waals surface area contributed by atoms with E-state index in [1.807, 2.05) is 17.5 Å². The third-order valence-electron chi connectivity index (χ3n) is 2.88. The van der Waals surface area contributed by atoms with Crippen LogP contribution in [-0.4, -0.2) is 35.9 Å². The lowest BCUT2D eigenvalue weighted by Crippen LogP contribution is -2.39. The molecule has 1 saturated heterocycles. The van der Waals surface area contributed by atoms with Crippen molar-refractivity contribution >= 4 is 23.3 Å². The summed E-state index contributed by atoms with van der Waals surface area (Å²) < 4.78 is 5.28. The molecule has 0 aliphatic carbocycles. The average Bonchev–Trinajstić information content (AvgIpc) is 3.05. The van der Waals surface area contributed by atoms with Crippen molar-refractivity contribution in [3.63, 3.8) is 0 Å². The summed E-state index contributed by atoms with van der Waals surface area (Å²) in [6, 6.07) is 3.61. The molecule has 0 aromatic carbocycles.